The van der Waals surface area contributed by atoms with E-state index in [1.165, 1.54) is 0 Å². The summed E-state index contributed by atoms with van der Waals surface area (Å²) in [6, 6.07) is 7.40. The number of rotatable bonds is 2. The number of methoxy groups -OCH3 is 1. The second-order valence-electron chi connectivity index (χ2n) is 3.35. The van der Waals surface area contributed by atoms with Crippen LogP contribution in [-0.4, -0.2) is 17.6 Å². The van der Waals surface area contributed by atoms with Gasteiger partial charge in [-0.05, 0) is 18.2 Å². The molecule has 0 bridgehead atoms. The van der Waals surface area contributed by atoms with E-state index in [0.29, 0.717) is 5.69 Å². The largest absolute Gasteiger partial charge is 0.496 e. The first-order valence-corrected chi connectivity index (χ1v) is 4.57. The predicted octanol–water partition coefficient (Wildman–Crippen LogP) is 1.29. The third-order valence-corrected chi connectivity index (χ3v) is 2.52. The third kappa shape index (κ3) is 1.34. The molecule has 2 N–H and O–H groups in total. The summed E-state index contributed by atoms with van der Waals surface area (Å²) >= 11 is 0. The van der Waals surface area contributed by atoms with Crippen molar-refractivity contribution in [1.82, 2.24) is 4.57 Å². The SMILES string of the molecule is COc1cccc2c1cc(C(N)=O)n2C. The molecular formula is C11H12N2O2. The van der Waals surface area contributed by atoms with Gasteiger partial charge in [-0.1, -0.05) is 6.07 Å². The van der Waals surface area contributed by atoms with Gasteiger partial charge in [0.05, 0.1) is 12.6 Å². The van der Waals surface area contributed by atoms with Crippen LogP contribution in [0.15, 0.2) is 24.3 Å². The topological polar surface area (TPSA) is 57.2 Å². The molecule has 0 unspecified atom stereocenters. The molecule has 1 aromatic heterocycles. The number of amides is 1. The highest BCUT2D eigenvalue weighted by Crippen LogP contribution is 2.27. The third-order valence-electron chi connectivity index (χ3n) is 2.52. The Morgan fingerprint density at radius 1 is 1.47 bits per heavy atom. The summed E-state index contributed by atoms with van der Waals surface area (Å²) in [5, 5.41) is 0.899. The molecule has 0 aliphatic rings. The van der Waals surface area contributed by atoms with Gasteiger partial charge in [0, 0.05) is 12.4 Å². The van der Waals surface area contributed by atoms with E-state index < -0.39 is 5.91 Å². The van der Waals surface area contributed by atoms with Gasteiger partial charge in [-0.2, -0.15) is 0 Å². The van der Waals surface area contributed by atoms with Crippen LogP contribution in [0.5, 0.6) is 5.75 Å². The van der Waals surface area contributed by atoms with Crippen LogP contribution >= 0.6 is 0 Å². The molecule has 4 nitrogen and oxygen atoms in total. The predicted molar refractivity (Wildman–Crippen MR) is 58.0 cm³/mol. The highest BCUT2D eigenvalue weighted by molar-refractivity contribution is 5.99. The number of nitrogens with two attached hydrogens (primary N) is 1. The Labute approximate surface area is 87.2 Å². The van der Waals surface area contributed by atoms with Crippen LogP contribution in [-0.2, 0) is 7.05 Å². The fourth-order valence-electron chi connectivity index (χ4n) is 1.75. The molecule has 2 rings (SSSR count). The van der Waals surface area contributed by atoms with Gasteiger partial charge in [0.25, 0.3) is 5.91 Å². The van der Waals surface area contributed by atoms with Gasteiger partial charge in [-0.25, -0.2) is 0 Å². The van der Waals surface area contributed by atoms with Crippen molar-refractivity contribution in [3.05, 3.63) is 30.0 Å². The van der Waals surface area contributed by atoms with E-state index in [1.54, 1.807) is 17.7 Å². The van der Waals surface area contributed by atoms with Crippen LogP contribution in [0.4, 0.5) is 0 Å². The maximum absolute atomic E-state index is 11.2. The summed E-state index contributed by atoms with van der Waals surface area (Å²) in [4.78, 5) is 11.2. The molecular weight excluding hydrogens is 192 g/mol. The molecule has 78 valence electrons. The van der Waals surface area contributed by atoms with Gasteiger partial charge >= 0.3 is 0 Å². The first kappa shape index (κ1) is 9.58. The van der Waals surface area contributed by atoms with E-state index in [2.05, 4.69) is 0 Å². The number of carbonyl (C=O) groups excluding carboxylic acids is 1. The lowest BCUT2D eigenvalue weighted by Gasteiger charge is -2.02. The smallest absolute Gasteiger partial charge is 0.265 e. The van der Waals surface area contributed by atoms with E-state index in [-0.39, 0.29) is 0 Å². The fourth-order valence-corrected chi connectivity index (χ4v) is 1.75. The number of carbonyl (C=O) groups is 1. The van der Waals surface area contributed by atoms with Crippen molar-refractivity contribution < 1.29 is 9.53 Å². The second-order valence-corrected chi connectivity index (χ2v) is 3.35. The highest BCUT2D eigenvalue weighted by Gasteiger charge is 2.12. The van der Waals surface area contributed by atoms with E-state index in [1.807, 2.05) is 25.2 Å². The number of primary amides is 1. The van der Waals surface area contributed by atoms with Crippen LogP contribution < -0.4 is 10.5 Å². The molecule has 0 spiro atoms. The number of ether oxygens (including phenoxy) is 1. The summed E-state index contributed by atoms with van der Waals surface area (Å²) < 4.78 is 6.97. The number of aromatic nitrogens is 1. The molecule has 0 aliphatic carbocycles. The molecule has 0 fully saturated rings. The van der Waals surface area contributed by atoms with E-state index >= 15 is 0 Å². The number of hydrogen-bond acceptors (Lipinski definition) is 2. The van der Waals surface area contributed by atoms with Gasteiger partial charge in [0.1, 0.15) is 11.4 Å². The molecule has 0 aliphatic heterocycles. The maximum atomic E-state index is 11.2. The van der Waals surface area contributed by atoms with Gasteiger partial charge in [-0.15, -0.1) is 0 Å². The fraction of sp³-hybridized carbons (Fsp3) is 0.182. The molecule has 0 saturated heterocycles. The average Bonchev–Trinajstić information content (AvgIpc) is 2.56. The normalized spacial score (nSPS) is 10.5. The Morgan fingerprint density at radius 2 is 2.20 bits per heavy atom. The van der Waals surface area contributed by atoms with Gasteiger partial charge in [0.2, 0.25) is 0 Å². The molecule has 1 heterocycles. The van der Waals surface area contributed by atoms with Crippen molar-refractivity contribution in [2.45, 2.75) is 0 Å². The average molecular weight is 204 g/mol. The van der Waals surface area contributed by atoms with Crippen molar-refractivity contribution in [1.29, 1.82) is 0 Å². The Hall–Kier alpha value is -1.97. The lowest BCUT2D eigenvalue weighted by Crippen LogP contribution is -2.14. The summed E-state index contributed by atoms with van der Waals surface area (Å²) in [5.41, 5.74) is 6.68. The van der Waals surface area contributed by atoms with E-state index in [4.69, 9.17) is 10.5 Å². The van der Waals surface area contributed by atoms with E-state index in [0.717, 1.165) is 16.7 Å². The number of aryl methyl sites for hydroxylation is 1. The van der Waals surface area contributed by atoms with Crippen molar-refractivity contribution in [2.24, 2.45) is 12.8 Å². The monoisotopic (exact) mass is 204 g/mol. The summed E-state index contributed by atoms with van der Waals surface area (Å²) in [6.07, 6.45) is 0. The Bertz CT molecular complexity index is 529. The highest BCUT2D eigenvalue weighted by atomic mass is 16.5. The van der Waals surface area contributed by atoms with Crippen molar-refractivity contribution in [3.63, 3.8) is 0 Å². The molecule has 1 aromatic carbocycles. The zero-order chi connectivity index (χ0) is 11.0. The van der Waals surface area contributed by atoms with E-state index in [9.17, 15) is 4.79 Å². The van der Waals surface area contributed by atoms with Crippen LogP contribution in [0.3, 0.4) is 0 Å². The molecule has 15 heavy (non-hydrogen) atoms. The minimum Gasteiger partial charge on any atom is -0.496 e. The molecule has 0 saturated carbocycles. The van der Waals surface area contributed by atoms with Crippen LogP contribution in [0, 0.1) is 0 Å². The molecule has 2 aromatic rings. The maximum Gasteiger partial charge on any atom is 0.265 e. The number of nitrogens with zero attached hydrogens (tertiary/aromatic N) is 1. The molecule has 4 heteroatoms. The minimum absolute atomic E-state index is 0.434. The van der Waals surface area contributed by atoms with Crippen LogP contribution in [0.25, 0.3) is 10.9 Å². The Kier molecular flexibility index (Phi) is 2.11. The van der Waals surface area contributed by atoms with Gasteiger partial charge in [0.15, 0.2) is 0 Å². The minimum atomic E-state index is -0.434. The molecule has 0 radical (unpaired) electrons. The molecule has 1 amide bonds. The first-order valence-electron chi connectivity index (χ1n) is 4.57. The quantitative estimate of drug-likeness (QED) is 0.801. The summed E-state index contributed by atoms with van der Waals surface area (Å²) in [7, 11) is 3.41. The number of hydrogen-bond donors (Lipinski definition) is 1. The first-order chi connectivity index (χ1) is 7.15. The number of benzene rings is 1. The van der Waals surface area contributed by atoms with Crippen molar-refractivity contribution >= 4 is 16.8 Å². The zero-order valence-corrected chi connectivity index (χ0v) is 8.65. The van der Waals surface area contributed by atoms with Crippen LogP contribution in [0.2, 0.25) is 0 Å². The van der Waals surface area contributed by atoms with Gasteiger partial charge < -0.3 is 15.0 Å². The summed E-state index contributed by atoms with van der Waals surface area (Å²) in [5.74, 6) is 0.311. The summed E-state index contributed by atoms with van der Waals surface area (Å²) in [6.45, 7) is 0. The Balaban J connectivity index is 2.81. The van der Waals surface area contributed by atoms with Crippen molar-refractivity contribution in [3.8, 4) is 5.75 Å². The van der Waals surface area contributed by atoms with Crippen molar-refractivity contribution in [2.75, 3.05) is 7.11 Å². The molecule has 0 atom stereocenters. The standard InChI is InChI=1S/C11H12N2O2/c1-13-8-4-3-5-10(15-2)7(8)6-9(13)11(12)14/h3-6H,1-2H3,(H2,12,14). The van der Waals surface area contributed by atoms with Gasteiger partial charge in [-0.3, -0.25) is 4.79 Å². The lowest BCUT2D eigenvalue weighted by atomic mass is 10.2. The number of fused-ring (bicyclic) bond motifs is 1. The zero-order valence-electron chi connectivity index (χ0n) is 8.65. The second kappa shape index (κ2) is 3.31. The lowest BCUT2D eigenvalue weighted by molar-refractivity contribution is 0.0993. The Morgan fingerprint density at radius 3 is 2.80 bits per heavy atom. The van der Waals surface area contributed by atoms with Crippen LogP contribution in [0.1, 0.15) is 10.5 Å².